The molecule has 0 aliphatic rings. The van der Waals surface area contributed by atoms with Crippen molar-refractivity contribution in [1.29, 1.82) is 0 Å². The predicted molar refractivity (Wildman–Crippen MR) is 96.4 cm³/mol. The van der Waals surface area contributed by atoms with E-state index in [0.717, 1.165) is 12.8 Å². The van der Waals surface area contributed by atoms with E-state index < -0.39 is 0 Å². The number of rotatable bonds is 5. The van der Waals surface area contributed by atoms with Gasteiger partial charge in [-0.15, -0.1) is 0 Å². The first kappa shape index (κ1) is 16.7. The molecule has 1 N–H and O–H groups in total. The highest BCUT2D eigenvalue weighted by atomic mass is 35.5. The maximum Gasteiger partial charge on any atom is 0.258 e. The van der Waals surface area contributed by atoms with E-state index in [2.05, 4.69) is 35.9 Å². The Hall–Kier alpha value is -2.20. The van der Waals surface area contributed by atoms with Crippen LogP contribution in [0.2, 0.25) is 5.02 Å². The number of aromatic nitrogens is 3. The fourth-order valence-corrected chi connectivity index (χ4v) is 3.18. The molecule has 0 saturated carbocycles. The van der Waals surface area contributed by atoms with Crippen molar-refractivity contribution in [2.75, 3.05) is 0 Å². The summed E-state index contributed by atoms with van der Waals surface area (Å²) in [5.41, 5.74) is 1.83. The Morgan fingerprint density at radius 1 is 1.17 bits per heavy atom. The van der Waals surface area contributed by atoms with Gasteiger partial charge in [0.2, 0.25) is 6.54 Å². The molecule has 3 rings (SSSR count). The third-order valence-electron chi connectivity index (χ3n) is 4.42. The summed E-state index contributed by atoms with van der Waals surface area (Å²) in [6.07, 6.45) is 6.35. The summed E-state index contributed by atoms with van der Waals surface area (Å²) in [7, 11) is 0. The van der Waals surface area contributed by atoms with Crippen LogP contribution in [-0.2, 0) is 6.54 Å². The molecule has 2 heterocycles. The van der Waals surface area contributed by atoms with Gasteiger partial charge in [0.1, 0.15) is 0 Å². The van der Waals surface area contributed by atoms with Crippen LogP contribution in [0.4, 0.5) is 0 Å². The lowest BCUT2D eigenvalue weighted by Gasteiger charge is -2.11. The van der Waals surface area contributed by atoms with Crippen molar-refractivity contribution in [1.82, 2.24) is 9.97 Å². The van der Waals surface area contributed by atoms with Gasteiger partial charge in [0, 0.05) is 17.2 Å². The van der Waals surface area contributed by atoms with Crippen LogP contribution in [0.3, 0.4) is 0 Å². The van der Waals surface area contributed by atoms with Gasteiger partial charge in [-0.25, -0.2) is 4.98 Å². The molecule has 0 saturated heterocycles. The lowest BCUT2D eigenvalue weighted by Crippen LogP contribution is -2.35. The van der Waals surface area contributed by atoms with Crippen LogP contribution >= 0.6 is 11.6 Å². The van der Waals surface area contributed by atoms with E-state index in [4.69, 9.17) is 11.6 Å². The SMILES string of the molecule is CCC(CC)c1cc[n+](Cc2nc3cc(Cl)ccc3c(=O)[nH]2)cc1. The Balaban J connectivity index is 1.88. The Kier molecular flexibility index (Phi) is 4.95. The first-order valence-electron chi connectivity index (χ1n) is 8.28. The van der Waals surface area contributed by atoms with Crippen molar-refractivity contribution in [3.63, 3.8) is 0 Å². The minimum Gasteiger partial charge on any atom is -0.305 e. The van der Waals surface area contributed by atoms with Gasteiger partial charge >= 0.3 is 0 Å². The molecule has 1 aromatic carbocycles. The molecule has 2 aromatic heterocycles. The van der Waals surface area contributed by atoms with E-state index in [1.807, 2.05) is 17.0 Å². The van der Waals surface area contributed by atoms with Crippen LogP contribution in [0.1, 0.15) is 44.0 Å². The first-order chi connectivity index (χ1) is 11.6. The number of aromatic amines is 1. The second kappa shape index (κ2) is 7.14. The standard InChI is InChI=1S/C19H20ClN3O/c1-3-13(4-2)14-7-9-23(10-8-14)12-18-21-17-11-15(20)5-6-16(17)19(24)22-18/h5-11,13H,3-4,12H2,1-2H3/p+1. The van der Waals surface area contributed by atoms with Crippen molar-refractivity contribution in [3.8, 4) is 0 Å². The number of nitrogens with zero attached hydrogens (tertiary/aromatic N) is 2. The molecule has 124 valence electrons. The number of nitrogens with one attached hydrogen (secondary N) is 1. The quantitative estimate of drug-likeness (QED) is 0.717. The fraction of sp³-hybridized carbons (Fsp3) is 0.316. The van der Waals surface area contributed by atoms with Gasteiger partial charge in [0.05, 0.1) is 10.9 Å². The number of hydrogen-bond acceptors (Lipinski definition) is 2. The van der Waals surface area contributed by atoms with Crippen LogP contribution in [0.15, 0.2) is 47.5 Å². The molecule has 0 aliphatic carbocycles. The van der Waals surface area contributed by atoms with E-state index in [0.29, 0.717) is 34.2 Å². The molecular weight excluding hydrogens is 322 g/mol. The lowest BCUT2D eigenvalue weighted by atomic mass is 9.95. The van der Waals surface area contributed by atoms with Crippen LogP contribution in [0.25, 0.3) is 10.9 Å². The summed E-state index contributed by atoms with van der Waals surface area (Å²) in [6, 6.07) is 9.41. The number of pyridine rings is 1. The molecule has 0 radical (unpaired) electrons. The van der Waals surface area contributed by atoms with Gasteiger partial charge in [-0.05, 0) is 42.5 Å². The largest absolute Gasteiger partial charge is 0.305 e. The van der Waals surface area contributed by atoms with Gasteiger partial charge in [-0.2, -0.15) is 4.57 Å². The maximum absolute atomic E-state index is 12.2. The van der Waals surface area contributed by atoms with Crippen LogP contribution in [-0.4, -0.2) is 9.97 Å². The van der Waals surface area contributed by atoms with Gasteiger partial charge in [0.15, 0.2) is 18.2 Å². The molecule has 0 spiro atoms. The van der Waals surface area contributed by atoms with Crippen LogP contribution < -0.4 is 10.1 Å². The van der Waals surface area contributed by atoms with Gasteiger partial charge in [0.25, 0.3) is 5.56 Å². The highest BCUT2D eigenvalue weighted by molar-refractivity contribution is 6.31. The highest BCUT2D eigenvalue weighted by Crippen LogP contribution is 2.21. The minimum atomic E-state index is -0.138. The lowest BCUT2D eigenvalue weighted by molar-refractivity contribution is -0.689. The van der Waals surface area contributed by atoms with Crippen LogP contribution in [0, 0.1) is 0 Å². The number of halogens is 1. The Morgan fingerprint density at radius 2 is 1.88 bits per heavy atom. The minimum absolute atomic E-state index is 0.138. The summed E-state index contributed by atoms with van der Waals surface area (Å²) in [4.78, 5) is 19.5. The van der Waals surface area contributed by atoms with Crippen molar-refractivity contribution >= 4 is 22.5 Å². The number of benzene rings is 1. The zero-order chi connectivity index (χ0) is 17.1. The van der Waals surface area contributed by atoms with Gasteiger partial charge < -0.3 is 4.98 Å². The summed E-state index contributed by atoms with van der Waals surface area (Å²) in [6.45, 7) is 4.94. The predicted octanol–water partition coefficient (Wildman–Crippen LogP) is 3.82. The average molecular weight is 343 g/mol. The molecule has 0 fully saturated rings. The first-order valence-corrected chi connectivity index (χ1v) is 8.66. The molecule has 0 bridgehead atoms. The van der Waals surface area contributed by atoms with E-state index >= 15 is 0 Å². The van der Waals surface area contributed by atoms with E-state index in [9.17, 15) is 4.79 Å². The van der Waals surface area contributed by atoms with E-state index in [1.165, 1.54) is 5.56 Å². The van der Waals surface area contributed by atoms with Crippen molar-refractivity contribution < 1.29 is 4.57 Å². The second-order valence-corrected chi connectivity index (χ2v) is 6.43. The average Bonchev–Trinajstić information content (AvgIpc) is 2.57. The second-order valence-electron chi connectivity index (χ2n) is 5.99. The maximum atomic E-state index is 12.2. The Labute approximate surface area is 146 Å². The molecule has 0 atom stereocenters. The van der Waals surface area contributed by atoms with E-state index in [1.54, 1.807) is 18.2 Å². The van der Waals surface area contributed by atoms with E-state index in [-0.39, 0.29) is 5.56 Å². The summed E-state index contributed by atoms with van der Waals surface area (Å²) in [5, 5.41) is 1.13. The fourth-order valence-electron chi connectivity index (χ4n) is 3.02. The molecule has 3 aromatic rings. The molecule has 0 amide bonds. The number of H-pyrrole nitrogens is 1. The smallest absolute Gasteiger partial charge is 0.258 e. The molecule has 0 aliphatic heterocycles. The molecule has 4 nitrogen and oxygen atoms in total. The highest BCUT2D eigenvalue weighted by Gasteiger charge is 2.11. The zero-order valence-electron chi connectivity index (χ0n) is 13.9. The Morgan fingerprint density at radius 3 is 2.54 bits per heavy atom. The molecule has 5 heteroatoms. The number of hydrogen-bond donors (Lipinski definition) is 1. The summed E-state index contributed by atoms with van der Waals surface area (Å²) < 4.78 is 2.01. The van der Waals surface area contributed by atoms with Gasteiger partial charge in [-0.3, -0.25) is 4.79 Å². The molecule has 24 heavy (non-hydrogen) atoms. The third kappa shape index (κ3) is 3.49. The summed E-state index contributed by atoms with van der Waals surface area (Å²) >= 11 is 6.00. The van der Waals surface area contributed by atoms with Crippen molar-refractivity contribution in [2.45, 2.75) is 39.2 Å². The van der Waals surface area contributed by atoms with Crippen molar-refractivity contribution in [2.24, 2.45) is 0 Å². The van der Waals surface area contributed by atoms with Crippen LogP contribution in [0.5, 0.6) is 0 Å². The zero-order valence-corrected chi connectivity index (χ0v) is 14.7. The third-order valence-corrected chi connectivity index (χ3v) is 4.66. The Bertz CT molecular complexity index is 899. The molecule has 0 unspecified atom stereocenters. The van der Waals surface area contributed by atoms with Gasteiger partial charge in [-0.1, -0.05) is 25.4 Å². The topological polar surface area (TPSA) is 49.6 Å². The monoisotopic (exact) mass is 342 g/mol. The summed E-state index contributed by atoms with van der Waals surface area (Å²) in [5.74, 6) is 1.22. The molecular formula is C19H21ClN3O+. The number of fused-ring (bicyclic) bond motifs is 1. The normalized spacial score (nSPS) is 11.3. The van der Waals surface area contributed by atoms with Crippen molar-refractivity contribution in [3.05, 3.63) is 69.5 Å².